The topological polar surface area (TPSA) is 162 Å². The van der Waals surface area contributed by atoms with Gasteiger partial charge in [-0.05, 0) is 47.0 Å². The van der Waals surface area contributed by atoms with Gasteiger partial charge in [-0.1, -0.05) is 20.8 Å². The van der Waals surface area contributed by atoms with E-state index in [0.717, 1.165) is 0 Å². The van der Waals surface area contributed by atoms with Crippen molar-refractivity contribution in [3.63, 3.8) is 0 Å². The van der Waals surface area contributed by atoms with Gasteiger partial charge in [0.25, 0.3) is 0 Å². The zero-order chi connectivity index (χ0) is 27.2. The second-order valence-electron chi connectivity index (χ2n) is 9.87. The molecule has 0 saturated carbocycles. The Hall–Kier alpha value is -2.05. The fourth-order valence-corrected chi connectivity index (χ4v) is 5.98. The number of aromatic nitrogens is 3. The Bertz CT molecular complexity index is 1020. The SMILES string of the molecule is CCOP(=O)(OCC)C(N(OC(C)C(=O)OCCn1c(=O)[nH]c(=O)[nH]c1=O)C(C)(C)C)C(C)(C)C. The van der Waals surface area contributed by atoms with Gasteiger partial charge in [-0.25, -0.2) is 23.7 Å². The van der Waals surface area contributed by atoms with Crippen molar-refractivity contribution in [3.05, 3.63) is 31.5 Å². The summed E-state index contributed by atoms with van der Waals surface area (Å²) in [7, 11) is -3.72. The maximum Gasteiger partial charge on any atom is 0.350 e. The second-order valence-corrected chi connectivity index (χ2v) is 12.0. The molecule has 0 fully saturated rings. The van der Waals surface area contributed by atoms with Gasteiger partial charge in [-0.15, -0.1) is 0 Å². The van der Waals surface area contributed by atoms with Crippen LogP contribution in [0.3, 0.4) is 0 Å². The van der Waals surface area contributed by atoms with Crippen LogP contribution in [0.15, 0.2) is 14.4 Å². The Kier molecular flexibility index (Phi) is 10.9. The molecule has 202 valence electrons. The van der Waals surface area contributed by atoms with Crippen molar-refractivity contribution in [2.24, 2.45) is 5.41 Å². The van der Waals surface area contributed by atoms with Crippen LogP contribution in [0.2, 0.25) is 0 Å². The van der Waals surface area contributed by atoms with E-state index in [0.29, 0.717) is 4.57 Å². The molecule has 35 heavy (non-hydrogen) atoms. The molecule has 13 nitrogen and oxygen atoms in total. The van der Waals surface area contributed by atoms with Gasteiger partial charge in [0, 0.05) is 5.54 Å². The summed E-state index contributed by atoms with van der Waals surface area (Å²) in [6.07, 6.45) is -1.14. The molecular weight excluding hydrogens is 483 g/mol. The summed E-state index contributed by atoms with van der Waals surface area (Å²) in [4.78, 5) is 57.2. The molecule has 0 saturated heterocycles. The van der Waals surface area contributed by atoms with Crippen molar-refractivity contribution >= 4 is 13.6 Å². The van der Waals surface area contributed by atoms with E-state index < -0.39 is 53.5 Å². The van der Waals surface area contributed by atoms with Crippen molar-refractivity contribution in [1.29, 1.82) is 0 Å². The maximum absolute atomic E-state index is 13.8. The fourth-order valence-electron chi connectivity index (χ4n) is 3.30. The summed E-state index contributed by atoms with van der Waals surface area (Å²) in [6, 6.07) is 0. The van der Waals surface area contributed by atoms with E-state index in [4.69, 9.17) is 18.6 Å². The Morgan fingerprint density at radius 2 is 1.49 bits per heavy atom. The molecule has 1 aromatic rings. The fraction of sp³-hybridized carbons (Fsp3) is 0.810. The van der Waals surface area contributed by atoms with Gasteiger partial charge in [0.05, 0.1) is 19.8 Å². The standard InChI is InChI=1S/C21H39N4O9P/c1-10-32-35(30,33-11-2)16(20(4,5)6)25(21(7,8)9)34-14(3)15(26)31-13-12-24-18(28)22-17(27)23-19(24)29/h14,16H,10-13H2,1-9H3,(H2,22,23,27,28,29). The van der Waals surface area contributed by atoms with Crippen LogP contribution in [0.4, 0.5) is 0 Å². The molecule has 0 aliphatic carbocycles. The van der Waals surface area contributed by atoms with E-state index in [-0.39, 0.29) is 26.4 Å². The number of carbonyl (C=O) groups is 1. The molecule has 0 aliphatic rings. The number of aromatic amines is 2. The largest absolute Gasteiger partial charge is 0.462 e. The Balaban J connectivity index is 3.12. The van der Waals surface area contributed by atoms with Gasteiger partial charge in [-0.3, -0.25) is 19.4 Å². The number of hydrogen-bond donors (Lipinski definition) is 2. The smallest absolute Gasteiger partial charge is 0.350 e. The van der Waals surface area contributed by atoms with Crippen molar-refractivity contribution in [2.75, 3.05) is 19.8 Å². The zero-order valence-electron chi connectivity index (χ0n) is 22.0. The summed E-state index contributed by atoms with van der Waals surface area (Å²) in [6.45, 7) is 15.7. The van der Waals surface area contributed by atoms with Crippen molar-refractivity contribution in [3.8, 4) is 0 Å². The first-order chi connectivity index (χ1) is 16.0. The van der Waals surface area contributed by atoms with Crippen molar-refractivity contribution in [1.82, 2.24) is 19.6 Å². The first-order valence-corrected chi connectivity index (χ1v) is 13.0. The van der Waals surface area contributed by atoms with Crippen LogP contribution >= 0.6 is 7.60 Å². The molecule has 14 heteroatoms. The number of ether oxygens (including phenoxy) is 1. The van der Waals surface area contributed by atoms with Crippen LogP contribution in [0.1, 0.15) is 62.3 Å². The Labute approximate surface area is 204 Å². The number of carbonyl (C=O) groups excluding carboxylic acids is 1. The van der Waals surface area contributed by atoms with Crippen LogP contribution in [-0.4, -0.2) is 62.8 Å². The number of esters is 1. The van der Waals surface area contributed by atoms with Crippen LogP contribution in [0.5, 0.6) is 0 Å². The van der Waals surface area contributed by atoms with E-state index in [1.165, 1.54) is 12.0 Å². The molecule has 1 aromatic heterocycles. The summed E-state index contributed by atoms with van der Waals surface area (Å²) in [5, 5.41) is 1.46. The molecular formula is C21H39N4O9P. The number of nitrogens with zero attached hydrogens (tertiary/aromatic N) is 2. The highest BCUT2D eigenvalue weighted by atomic mass is 31.2. The molecule has 1 heterocycles. The maximum atomic E-state index is 13.8. The number of H-pyrrole nitrogens is 2. The molecule has 0 spiro atoms. The normalized spacial score (nSPS) is 14.7. The molecule has 1 rings (SSSR count). The van der Waals surface area contributed by atoms with E-state index in [9.17, 15) is 23.7 Å². The first kappa shape index (κ1) is 31.0. The number of hydrogen-bond acceptors (Lipinski definition) is 10. The third-order valence-electron chi connectivity index (χ3n) is 4.67. The van der Waals surface area contributed by atoms with Crippen LogP contribution in [0.25, 0.3) is 0 Å². The Morgan fingerprint density at radius 1 is 1.00 bits per heavy atom. The highest BCUT2D eigenvalue weighted by Crippen LogP contribution is 2.60. The predicted octanol–water partition coefficient (Wildman–Crippen LogP) is 1.83. The summed E-state index contributed by atoms with van der Waals surface area (Å²) < 4.78 is 31.0. The predicted molar refractivity (Wildman–Crippen MR) is 129 cm³/mol. The molecule has 0 bridgehead atoms. The molecule has 2 N–H and O–H groups in total. The lowest BCUT2D eigenvalue weighted by atomic mass is 9.94. The minimum Gasteiger partial charge on any atom is -0.462 e. The first-order valence-electron chi connectivity index (χ1n) is 11.4. The average Bonchev–Trinajstić information content (AvgIpc) is 2.67. The highest BCUT2D eigenvalue weighted by Gasteiger charge is 2.52. The minimum atomic E-state index is -3.72. The van der Waals surface area contributed by atoms with Gasteiger partial charge >= 0.3 is 30.6 Å². The quantitative estimate of drug-likeness (QED) is 0.235. The minimum absolute atomic E-state index is 0.155. The number of rotatable bonds is 12. The summed E-state index contributed by atoms with van der Waals surface area (Å²) in [5.74, 6) is -1.65. The van der Waals surface area contributed by atoms with Gasteiger partial charge in [0.1, 0.15) is 12.4 Å². The molecule has 2 atom stereocenters. The number of nitrogens with one attached hydrogen (secondary N) is 2. The Morgan fingerprint density at radius 3 is 1.89 bits per heavy atom. The second kappa shape index (κ2) is 12.3. The third-order valence-corrected chi connectivity index (χ3v) is 7.49. The van der Waals surface area contributed by atoms with E-state index in [1.807, 2.05) is 51.5 Å². The average molecular weight is 523 g/mol. The molecule has 2 unspecified atom stereocenters. The van der Waals surface area contributed by atoms with Gasteiger partial charge in [0.15, 0.2) is 6.10 Å². The molecule has 0 aromatic carbocycles. The lowest BCUT2D eigenvalue weighted by Crippen LogP contribution is -2.55. The zero-order valence-corrected chi connectivity index (χ0v) is 22.9. The molecule has 0 radical (unpaired) electrons. The monoisotopic (exact) mass is 522 g/mol. The van der Waals surface area contributed by atoms with Crippen molar-refractivity contribution < 1.29 is 28.0 Å². The van der Waals surface area contributed by atoms with Gasteiger partial charge < -0.3 is 13.8 Å². The third kappa shape index (κ3) is 8.53. The summed E-state index contributed by atoms with van der Waals surface area (Å²) >= 11 is 0. The van der Waals surface area contributed by atoms with E-state index in [2.05, 4.69) is 0 Å². The lowest BCUT2D eigenvalue weighted by Gasteiger charge is -2.47. The van der Waals surface area contributed by atoms with Crippen LogP contribution < -0.4 is 17.1 Å². The van der Waals surface area contributed by atoms with Gasteiger partial charge in [0.2, 0.25) is 0 Å². The van der Waals surface area contributed by atoms with E-state index >= 15 is 0 Å². The molecule has 0 amide bonds. The van der Waals surface area contributed by atoms with Crippen LogP contribution in [-0.2, 0) is 34.5 Å². The van der Waals surface area contributed by atoms with Gasteiger partial charge in [-0.2, -0.15) is 5.06 Å². The lowest BCUT2D eigenvalue weighted by molar-refractivity contribution is -0.263. The highest BCUT2D eigenvalue weighted by molar-refractivity contribution is 7.54. The van der Waals surface area contributed by atoms with Crippen molar-refractivity contribution in [2.45, 2.75) is 86.3 Å². The van der Waals surface area contributed by atoms with Crippen LogP contribution in [0, 0.1) is 5.41 Å². The number of hydroxylamine groups is 2. The summed E-state index contributed by atoms with van der Waals surface area (Å²) in [5.41, 5.74) is -4.15. The van der Waals surface area contributed by atoms with E-state index in [1.54, 1.807) is 13.8 Å². The molecule has 0 aliphatic heterocycles.